The van der Waals surface area contributed by atoms with Crippen LogP contribution >= 0.6 is 11.3 Å². The zero-order valence-corrected chi connectivity index (χ0v) is 13.5. The Bertz CT molecular complexity index is 490. The molecule has 1 saturated heterocycles. The summed E-state index contributed by atoms with van der Waals surface area (Å²) in [6.07, 6.45) is 7.55. The smallest absolute Gasteiger partial charge is 0.284 e. The molecule has 2 heterocycles. The van der Waals surface area contributed by atoms with Gasteiger partial charge in [-0.1, -0.05) is 37.5 Å². The van der Waals surface area contributed by atoms with Crippen molar-refractivity contribution in [3.8, 4) is 0 Å². The lowest BCUT2D eigenvalue weighted by atomic mass is 9.75. The quantitative estimate of drug-likeness (QED) is 0.929. The average molecular weight is 308 g/mol. The van der Waals surface area contributed by atoms with Crippen LogP contribution in [0.4, 0.5) is 5.13 Å². The lowest BCUT2D eigenvalue weighted by molar-refractivity contribution is 0.0520. The van der Waals surface area contributed by atoms with Gasteiger partial charge in [-0.2, -0.15) is 0 Å². The molecule has 1 aromatic heterocycles. The molecule has 0 aromatic carbocycles. The zero-order valence-electron chi connectivity index (χ0n) is 12.7. The van der Waals surface area contributed by atoms with Crippen molar-refractivity contribution in [2.45, 2.75) is 45.4 Å². The number of piperidine rings is 1. The summed E-state index contributed by atoms with van der Waals surface area (Å²) in [5.41, 5.74) is 0. The second-order valence-electron chi connectivity index (χ2n) is 6.18. The van der Waals surface area contributed by atoms with Crippen molar-refractivity contribution in [3.63, 3.8) is 0 Å². The van der Waals surface area contributed by atoms with Crippen LogP contribution in [0.5, 0.6) is 0 Å². The predicted molar refractivity (Wildman–Crippen MR) is 84.7 cm³/mol. The summed E-state index contributed by atoms with van der Waals surface area (Å²) in [7, 11) is 0. The molecule has 3 rings (SSSR count). The largest absolute Gasteiger partial charge is 0.360 e. The Balaban J connectivity index is 1.61. The number of hydrogen-bond donors (Lipinski definition) is 1. The van der Waals surface area contributed by atoms with Gasteiger partial charge < -0.3 is 10.2 Å². The van der Waals surface area contributed by atoms with Crippen LogP contribution in [0.15, 0.2) is 0 Å². The van der Waals surface area contributed by atoms with Crippen molar-refractivity contribution in [2.24, 2.45) is 11.8 Å². The Morgan fingerprint density at radius 2 is 2.10 bits per heavy atom. The van der Waals surface area contributed by atoms with Crippen molar-refractivity contribution in [1.82, 2.24) is 15.1 Å². The van der Waals surface area contributed by atoms with Crippen LogP contribution in [-0.4, -0.2) is 40.6 Å². The zero-order chi connectivity index (χ0) is 14.7. The third-order valence-corrected chi connectivity index (χ3v) is 5.58. The summed E-state index contributed by atoms with van der Waals surface area (Å²) in [6.45, 7) is 4.78. The van der Waals surface area contributed by atoms with Gasteiger partial charge in [-0.05, 0) is 31.1 Å². The van der Waals surface area contributed by atoms with E-state index in [0.717, 1.165) is 43.5 Å². The van der Waals surface area contributed by atoms with Crippen LogP contribution in [0.1, 0.15) is 55.3 Å². The molecule has 1 aliphatic heterocycles. The molecule has 0 spiro atoms. The van der Waals surface area contributed by atoms with Crippen LogP contribution in [0.3, 0.4) is 0 Å². The van der Waals surface area contributed by atoms with Crippen LogP contribution in [0.2, 0.25) is 0 Å². The highest BCUT2D eigenvalue weighted by Gasteiger charge is 2.34. The van der Waals surface area contributed by atoms with Crippen molar-refractivity contribution >= 4 is 22.4 Å². The van der Waals surface area contributed by atoms with Crippen molar-refractivity contribution in [3.05, 3.63) is 5.01 Å². The van der Waals surface area contributed by atoms with Crippen LogP contribution in [0.25, 0.3) is 0 Å². The Morgan fingerprint density at radius 3 is 2.90 bits per heavy atom. The van der Waals surface area contributed by atoms with E-state index in [9.17, 15) is 4.79 Å². The minimum Gasteiger partial charge on any atom is -0.360 e. The molecule has 6 heteroatoms. The lowest BCUT2D eigenvalue weighted by Gasteiger charge is -2.40. The summed E-state index contributed by atoms with van der Waals surface area (Å²) in [4.78, 5) is 14.6. The highest BCUT2D eigenvalue weighted by molar-refractivity contribution is 7.17. The van der Waals surface area contributed by atoms with E-state index in [4.69, 9.17) is 0 Å². The number of fused-ring (bicyclic) bond motifs is 1. The van der Waals surface area contributed by atoms with Crippen molar-refractivity contribution < 1.29 is 4.79 Å². The molecule has 0 radical (unpaired) electrons. The van der Waals surface area contributed by atoms with Crippen molar-refractivity contribution in [2.75, 3.05) is 25.0 Å². The summed E-state index contributed by atoms with van der Waals surface area (Å²) >= 11 is 1.38. The molecule has 1 aliphatic carbocycles. The number of likely N-dealkylation sites (tertiary alicyclic amines) is 1. The summed E-state index contributed by atoms with van der Waals surface area (Å²) < 4.78 is 0. The molecule has 2 aliphatic rings. The van der Waals surface area contributed by atoms with Gasteiger partial charge in [0, 0.05) is 19.6 Å². The van der Waals surface area contributed by atoms with Crippen LogP contribution in [0, 0.1) is 11.8 Å². The molecule has 2 fully saturated rings. The number of hydrogen-bond acceptors (Lipinski definition) is 5. The van der Waals surface area contributed by atoms with Gasteiger partial charge in [-0.15, -0.1) is 10.2 Å². The maximum atomic E-state index is 12.6. The fraction of sp³-hybridized carbons (Fsp3) is 0.800. The maximum Gasteiger partial charge on any atom is 0.284 e. The topological polar surface area (TPSA) is 58.1 Å². The van der Waals surface area contributed by atoms with Gasteiger partial charge in [-0.3, -0.25) is 4.79 Å². The van der Waals surface area contributed by atoms with Crippen LogP contribution in [-0.2, 0) is 0 Å². The monoisotopic (exact) mass is 308 g/mol. The Labute approximate surface area is 130 Å². The number of aromatic nitrogens is 2. The molecule has 1 saturated carbocycles. The van der Waals surface area contributed by atoms with Gasteiger partial charge >= 0.3 is 0 Å². The lowest BCUT2D eigenvalue weighted by Crippen LogP contribution is -2.44. The minimum atomic E-state index is 0.0704. The number of rotatable bonds is 4. The Hall–Kier alpha value is -1.17. The number of nitrogens with one attached hydrogen (secondary N) is 1. The van der Waals surface area contributed by atoms with Gasteiger partial charge in [0.25, 0.3) is 5.91 Å². The number of amides is 1. The number of carbonyl (C=O) groups is 1. The number of carbonyl (C=O) groups excluding carboxylic acids is 1. The van der Waals surface area contributed by atoms with E-state index in [1.807, 2.05) is 4.90 Å². The summed E-state index contributed by atoms with van der Waals surface area (Å²) in [5.74, 6) is 1.63. The molecule has 1 N–H and O–H groups in total. The standard InChI is InChI=1S/C15H24N4OS/c1-2-8-16-15-18-17-13(21-15)14(20)19-9-7-11-5-3-4-6-12(11)10-19/h11-12H,2-10H2,1H3,(H,16,18). The second kappa shape index (κ2) is 6.73. The van der Waals surface area contributed by atoms with E-state index < -0.39 is 0 Å². The minimum absolute atomic E-state index is 0.0704. The first kappa shape index (κ1) is 14.8. The SMILES string of the molecule is CCCNc1nnc(C(=O)N2CCC3CCCCC3C2)s1. The van der Waals surface area contributed by atoms with Gasteiger partial charge in [0.2, 0.25) is 10.1 Å². The molecule has 21 heavy (non-hydrogen) atoms. The average Bonchev–Trinajstić information content (AvgIpc) is 3.00. The fourth-order valence-electron chi connectivity index (χ4n) is 3.53. The molecule has 1 amide bonds. The molecular formula is C15H24N4OS. The van der Waals surface area contributed by atoms with Gasteiger partial charge in [0.15, 0.2) is 0 Å². The Kier molecular flexibility index (Phi) is 4.73. The third kappa shape index (κ3) is 3.36. The van der Waals surface area contributed by atoms with E-state index >= 15 is 0 Å². The molecule has 1 aromatic rings. The summed E-state index contributed by atoms with van der Waals surface area (Å²) in [5, 5.41) is 12.6. The number of anilines is 1. The molecule has 5 nitrogen and oxygen atoms in total. The molecule has 116 valence electrons. The normalized spacial score (nSPS) is 25.5. The van der Waals surface area contributed by atoms with E-state index in [2.05, 4.69) is 22.4 Å². The molecule has 0 bridgehead atoms. The first-order chi connectivity index (χ1) is 10.3. The first-order valence-corrected chi connectivity index (χ1v) is 8.96. The highest BCUT2D eigenvalue weighted by Crippen LogP contribution is 2.36. The van der Waals surface area contributed by atoms with E-state index in [0.29, 0.717) is 10.9 Å². The summed E-state index contributed by atoms with van der Waals surface area (Å²) in [6, 6.07) is 0. The number of nitrogens with zero attached hydrogens (tertiary/aromatic N) is 3. The van der Waals surface area contributed by atoms with E-state index in [-0.39, 0.29) is 5.91 Å². The Morgan fingerprint density at radius 1 is 1.29 bits per heavy atom. The second-order valence-corrected chi connectivity index (χ2v) is 7.16. The highest BCUT2D eigenvalue weighted by atomic mass is 32.1. The predicted octanol–water partition coefficient (Wildman–Crippen LogP) is 3.01. The van der Waals surface area contributed by atoms with Crippen LogP contribution < -0.4 is 5.32 Å². The molecule has 2 atom stereocenters. The van der Waals surface area contributed by atoms with Gasteiger partial charge in [0.1, 0.15) is 0 Å². The van der Waals surface area contributed by atoms with E-state index in [1.54, 1.807) is 0 Å². The van der Waals surface area contributed by atoms with Gasteiger partial charge in [-0.25, -0.2) is 0 Å². The first-order valence-electron chi connectivity index (χ1n) is 8.14. The van der Waals surface area contributed by atoms with Crippen molar-refractivity contribution in [1.29, 1.82) is 0 Å². The van der Waals surface area contributed by atoms with E-state index in [1.165, 1.54) is 37.0 Å². The fourth-order valence-corrected chi connectivity index (χ4v) is 4.27. The molecule has 2 unspecified atom stereocenters. The molecular weight excluding hydrogens is 284 g/mol. The van der Waals surface area contributed by atoms with Gasteiger partial charge in [0.05, 0.1) is 0 Å². The third-order valence-electron chi connectivity index (χ3n) is 4.71. The maximum absolute atomic E-state index is 12.6.